The van der Waals surface area contributed by atoms with Gasteiger partial charge in [-0.15, -0.1) is 0 Å². The van der Waals surface area contributed by atoms with E-state index in [0.29, 0.717) is 18.4 Å². The van der Waals surface area contributed by atoms with Crippen molar-refractivity contribution in [3.63, 3.8) is 0 Å². The van der Waals surface area contributed by atoms with Gasteiger partial charge in [-0.05, 0) is 36.7 Å². The molecule has 2 nitrogen and oxygen atoms in total. The third-order valence-electron chi connectivity index (χ3n) is 4.10. The molecule has 4 rings (SSSR count). The topological polar surface area (TPSA) is 26.3 Å². The molecule has 2 bridgehead atoms. The molecule has 1 aromatic rings. The molecular weight excluding hydrogens is 224 g/mol. The summed E-state index contributed by atoms with van der Waals surface area (Å²) in [6.07, 6.45) is 7.85. The highest BCUT2D eigenvalue weighted by Gasteiger charge is 2.37. The molecule has 18 heavy (non-hydrogen) atoms. The summed E-state index contributed by atoms with van der Waals surface area (Å²) < 4.78 is 5.45. The number of rotatable bonds is 3. The number of benzene rings is 1. The van der Waals surface area contributed by atoms with E-state index >= 15 is 0 Å². The molecule has 0 saturated heterocycles. The highest BCUT2D eigenvalue weighted by Crippen LogP contribution is 2.40. The molecule has 94 valence electrons. The lowest BCUT2D eigenvalue weighted by atomic mass is 9.69. The second-order valence-electron chi connectivity index (χ2n) is 5.32. The lowest BCUT2D eigenvalue weighted by molar-refractivity contribution is -0.153. The highest BCUT2D eigenvalue weighted by molar-refractivity contribution is 5.73. The molecule has 1 saturated carbocycles. The molecule has 0 heterocycles. The SMILES string of the molecule is O=C(OCc1ccccc1)[C@H]1C[C@H]2C=C[C@@H]1CC2. The van der Waals surface area contributed by atoms with E-state index in [0.717, 1.165) is 18.4 Å². The third kappa shape index (κ3) is 2.33. The van der Waals surface area contributed by atoms with E-state index in [1.165, 1.54) is 6.42 Å². The molecule has 2 heteroatoms. The van der Waals surface area contributed by atoms with Gasteiger partial charge in [-0.25, -0.2) is 0 Å². The van der Waals surface area contributed by atoms with E-state index in [1.54, 1.807) is 0 Å². The Labute approximate surface area is 108 Å². The monoisotopic (exact) mass is 242 g/mol. The van der Waals surface area contributed by atoms with Gasteiger partial charge >= 0.3 is 5.97 Å². The smallest absolute Gasteiger partial charge is 0.309 e. The van der Waals surface area contributed by atoms with Gasteiger partial charge in [-0.1, -0.05) is 42.5 Å². The van der Waals surface area contributed by atoms with Crippen molar-refractivity contribution in [2.45, 2.75) is 25.9 Å². The van der Waals surface area contributed by atoms with Crippen LogP contribution in [-0.2, 0) is 16.1 Å². The van der Waals surface area contributed by atoms with Crippen LogP contribution >= 0.6 is 0 Å². The predicted molar refractivity (Wildman–Crippen MR) is 69.7 cm³/mol. The molecule has 0 radical (unpaired) electrons. The van der Waals surface area contributed by atoms with E-state index in [9.17, 15) is 4.79 Å². The van der Waals surface area contributed by atoms with Crippen molar-refractivity contribution < 1.29 is 9.53 Å². The summed E-state index contributed by atoms with van der Waals surface area (Å²) in [4.78, 5) is 12.1. The fourth-order valence-corrected chi connectivity index (χ4v) is 3.04. The van der Waals surface area contributed by atoms with Crippen molar-refractivity contribution in [2.75, 3.05) is 0 Å². The number of hydrogen-bond donors (Lipinski definition) is 0. The summed E-state index contributed by atoms with van der Waals surface area (Å²) in [5, 5.41) is 0. The molecule has 0 aliphatic heterocycles. The van der Waals surface area contributed by atoms with Gasteiger partial charge in [-0.2, -0.15) is 0 Å². The molecule has 0 unspecified atom stereocenters. The molecule has 0 aromatic heterocycles. The number of carbonyl (C=O) groups is 1. The van der Waals surface area contributed by atoms with Crippen LogP contribution in [0.1, 0.15) is 24.8 Å². The lowest BCUT2D eigenvalue weighted by Crippen LogP contribution is -2.33. The molecule has 0 amide bonds. The van der Waals surface area contributed by atoms with Crippen LogP contribution in [-0.4, -0.2) is 5.97 Å². The second kappa shape index (κ2) is 4.97. The minimum Gasteiger partial charge on any atom is -0.461 e. The van der Waals surface area contributed by atoms with Crippen molar-refractivity contribution in [2.24, 2.45) is 17.8 Å². The summed E-state index contributed by atoms with van der Waals surface area (Å²) in [7, 11) is 0. The summed E-state index contributed by atoms with van der Waals surface area (Å²) in [6, 6.07) is 9.87. The van der Waals surface area contributed by atoms with Gasteiger partial charge < -0.3 is 4.74 Å². The van der Waals surface area contributed by atoms with Crippen LogP contribution in [0.3, 0.4) is 0 Å². The second-order valence-corrected chi connectivity index (χ2v) is 5.32. The Morgan fingerprint density at radius 3 is 2.61 bits per heavy atom. The standard InChI is InChI=1S/C16H18O2/c17-16(18-11-13-4-2-1-3-5-13)15-10-12-6-8-14(15)9-7-12/h1-6,8,12,14-15H,7,9-11H2/t12-,14+,15-/m0/s1. The summed E-state index contributed by atoms with van der Waals surface area (Å²) in [5.41, 5.74) is 1.06. The largest absolute Gasteiger partial charge is 0.461 e. The Balaban J connectivity index is 1.58. The molecule has 3 aliphatic carbocycles. The Morgan fingerprint density at radius 2 is 2.00 bits per heavy atom. The number of allylic oxidation sites excluding steroid dienone is 2. The predicted octanol–water partition coefficient (Wildman–Crippen LogP) is 3.33. The number of esters is 1. The van der Waals surface area contributed by atoms with Crippen LogP contribution in [0, 0.1) is 17.8 Å². The van der Waals surface area contributed by atoms with Gasteiger partial charge in [0.1, 0.15) is 6.61 Å². The highest BCUT2D eigenvalue weighted by atomic mass is 16.5. The zero-order chi connectivity index (χ0) is 12.4. The molecular formula is C16H18O2. The minimum atomic E-state index is -0.0158. The molecule has 0 spiro atoms. The van der Waals surface area contributed by atoms with Gasteiger partial charge in [0.15, 0.2) is 0 Å². The van der Waals surface area contributed by atoms with Crippen LogP contribution in [0.25, 0.3) is 0 Å². The number of hydrogen-bond acceptors (Lipinski definition) is 2. The summed E-state index contributed by atoms with van der Waals surface area (Å²) in [5.74, 6) is 1.10. The first-order valence-corrected chi connectivity index (χ1v) is 6.72. The van der Waals surface area contributed by atoms with Crippen LogP contribution in [0.2, 0.25) is 0 Å². The number of carbonyl (C=O) groups excluding carboxylic acids is 1. The maximum absolute atomic E-state index is 12.1. The molecule has 3 atom stereocenters. The van der Waals surface area contributed by atoms with Crippen LogP contribution in [0.4, 0.5) is 0 Å². The van der Waals surface area contributed by atoms with E-state index < -0.39 is 0 Å². The number of fused-ring (bicyclic) bond motifs is 2. The first-order chi connectivity index (χ1) is 8.83. The molecule has 3 aliphatic rings. The maximum atomic E-state index is 12.1. The van der Waals surface area contributed by atoms with Crippen LogP contribution in [0.15, 0.2) is 42.5 Å². The van der Waals surface area contributed by atoms with Crippen LogP contribution in [0.5, 0.6) is 0 Å². The first kappa shape index (κ1) is 11.5. The Bertz CT molecular complexity index is 449. The normalized spacial score (nSPS) is 29.2. The van der Waals surface area contributed by atoms with Gasteiger partial charge in [0, 0.05) is 0 Å². The lowest BCUT2D eigenvalue weighted by Gasteiger charge is -2.36. The molecule has 1 fully saturated rings. The zero-order valence-corrected chi connectivity index (χ0v) is 10.4. The summed E-state index contributed by atoms with van der Waals surface area (Å²) >= 11 is 0. The quantitative estimate of drug-likeness (QED) is 0.600. The fraction of sp³-hybridized carbons (Fsp3) is 0.438. The fourth-order valence-electron chi connectivity index (χ4n) is 3.04. The molecule has 0 N–H and O–H groups in total. The van der Waals surface area contributed by atoms with Gasteiger partial charge in [0.2, 0.25) is 0 Å². The van der Waals surface area contributed by atoms with E-state index in [-0.39, 0.29) is 11.9 Å². The zero-order valence-electron chi connectivity index (χ0n) is 10.4. The van der Waals surface area contributed by atoms with E-state index in [2.05, 4.69) is 12.2 Å². The third-order valence-corrected chi connectivity index (χ3v) is 4.10. The minimum absolute atomic E-state index is 0.0158. The van der Waals surface area contributed by atoms with Gasteiger partial charge in [0.05, 0.1) is 5.92 Å². The van der Waals surface area contributed by atoms with Crippen molar-refractivity contribution in [1.82, 2.24) is 0 Å². The average Bonchev–Trinajstić information content (AvgIpc) is 2.47. The van der Waals surface area contributed by atoms with Crippen molar-refractivity contribution in [3.8, 4) is 0 Å². The van der Waals surface area contributed by atoms with Crippen molar-refractivity contribution >= 4 is 5.97 Å². The van der Waals surface area contributed by atoms with Gasteiger partial charge in [-0.3, -0.25) is 4.79 Å². The van der Waals surface area contributed by atoms with E-state index in [4.69, 9.17) is 4.74 Å². The Kier molecular flexibility index (Phi) is 3.18. The van der Waals surface area contributed by atoms with E-state index in [1.807, 2.05) is 30.3 Å². The first-order valence-electron chi connectivity index (χ1n) is 6.72. The maximum Gasteiger partial charge on any atom is 0.309 e. The van der Waals surface area contributed by atoms with Crippen molar-refractivity contribution in [3.05, 3.63) is 48.0 Å². The number of ether oxygens (including phenoxy) is 1. The Morgan fingerprint density at radius 1 is 1.17 bits per heavy atom. The van der Waals surface area contributed by atoms with Crippen LogP contribution < -0.4 is 0 Å². The molecule has 1 aromatic carbocycles. The van der Waals surface area contributed by atoms with Crippen molar-refractivity contribution in [1.29, 1.82) is 0 Å². The summed E-state index contributed by atoms with van der Waals surface area (Å²) in [6.45, 7) is 0.400. The Hall–Kier alpha value is -1.57. The van der Waals surface area contributed by atoms with Gasteiger partial charge in [0.25, 0.3) is 0 Å². The average molecular weight is 242 g/mol.